The molecular weight excluding hydrogens is 861 g/mol. The Hall–Kier alpha value is -3.67. The van der Waals surface area contributed by atoms with Crippen LogP contribution in [-0.2, 0) is 49.5 Å². The molecule has 1 heterocycles. The third kappa shape index (κ3) is 29.4. The van der Waals surface area contributed by atoms with Gasteiger partial charge in [0.05, 0.1) is 0 Å². The van der Waals surface area contributed by atoms with Crippen molar-refractivity contribution in [3.8, 4) is 0 Å². The number of hydrogen-bond donors (Lipinski definition) is 1. The summed E-state index contributed by atoms with van der Waals surface area (Å²) in [7, 11) is 0. The van der Waals surface area contributed by atoms with Crippen molar-refractivity contribution in [3.63, 3.8) is 0 Å². The van der Waals surface area contributed by atoms with Crippen molar-refractivity contribution in [2.45, 2.75) is 277 Å². The van der Waals surface area contributed by atoms with E-state index in [1.807, 2.05) is 30.3 Å². The quantitative estimate of drug-likeness (QED) is 0.0382. The van der Waals surface area contributed by atoms with Crippen LogP contribution in [0, 0.1) is 0 Å². The Bertz CT molecular complexity index is 1460. The van der Waals surface area contributed by atoms with Crippen LogP contribution >= 0.6 is 0 Å². The van der Waals surface area contributed by atoms with Crippen LogP contribution < -0.4 is 5.32 Å². The van der Waals surface area contributed by atoms with E-state index in [1.54, 1.807) is 4.90 Å². The second-order valence-electron chi connectivity index (χ2n) is 19.3. The minimum absolute atomic E-state index is 0.0351. The van der Waals surface area contributed by atoms with Gasteiger partial charge in [0.15, 0.2) is 18.4 Å². The van der Waals surface area contributed by atoms with Gasteiger partial charge in [-0.15, -0.1) is 0 Å². The molecule has 12 heteroatoms. The van der Waals surface area contributed by atoms with Gasteiger partial charge in [0, 0.05) is 33.7 Å². The first kappa shape index (κ1) is 60.5. The smallest absolute Gasteiger partial charge is 0.407 e. The second kappa shape index (κ2) is 40.1. The molecule has 390 valence electrons. The van der Waals surface area contributed by atoms with Gasteiger partial charge in [-0.2, -0.15) is 0 Å². The van der Waals surface area contributed by atoms with Gasteiger partial charge in [-0.05, 0) is 18.4 Å². The summed E-state index contributed by atoms with van der Waals surface area (Å²) >= 11 is 0. The minimum Gasteiger partial charge on any atom is -0.463 e. The van der Waals surface area contributed by atoms with Gasteiger partial charge in [-0.25, -0.2) is 4.79 Å². The van der Waals surface area contributed by atoms with E-state index in [0.717, 1.165) is 44.1 Å². The van der Waals surface area contributed by atoms with Gasteiger partial charge in [0.2, 0.25) is 5.91 Å². The molecule has 1 aliphatic heterocycles. The number of unbranched alkanes of at least 4 members (excludes halogenated alkanes) is 29. The summed E-state index contributed by atoms with van der Waals surface area (Å²) in [6, 6.07) is 8.00. The Labute approximate surface area is 412 Å². The first-order chi connectivity index (χ1) is 33.1. The summed E-state index contributed by atoms with van der Waals surface area (Å²) in [4.78, 5) is 67.1. The Morgan fingerprint density at radius 2 is 0.926 bits per heavy atom. The minimum atomic E-state index is -1.31. The van der Waals surface area contributed by atoms with Crippen LogP contribution in [0.25, 0.3) is 0 Å². The zero-order valence-electron chi connectivity index (χ0n) is 43.6. The number of carbonyl (C=O) groups excluding carboxylic acids is 5. The van der Waals surface area contributed by atoms with Crippen LogP contribution in [0.2, 0.25) is 0 Å². The van der Waals surface area contributed by atoms with E-state index in [1.165, 1.54) is 168 Å². The molecule has 0 radical (unpaired) electrons. The highest BCUT2D eigenvalue weighted by atomic mass is 16.6. The number of carbonyl (C=O) groups is 5. The fraction of sp³-hybridized carbons (Fsp3) is 0.804. The molecule has 0 aromatic heterocycles. The lowest BCUT2D eigenvalue weighted by atomic mass is 9.94. The predicted molar refractivity (Wildman–Crippen MR) is 271 cm³/mol. The third-order valence-electron chi connectivity index (χ3n) is 13.1. The molecule has 0 aliphatic carbocycles. The maximum Gasteiger partial charge on any atom is 0.407 e. The third-order valence-corrected chi connectivity index (χ3v) is 13.1. The number of nitrogens with one attached hydrogen (secondary N) is 1. The molecule has 0 unspecified atom stereocenters. The number of esters is 3. The SMILES string of the molecule is CCCCCCCCCCCCCCCCCCN(C(=O)CCCCCCCCCCCCCCCCC)[C@@H]1O[C@H](COC(C)=O)[C@H](OC(C)=O)[C@H](OC(C)=O)[C@H]1NC(=O)OCc1ccccc1. The summed E-state index contributed by atoms with van der Waals surface area (Å²) in [6.45, 7) is 8.15. The van der Waals surface area contributed by atoms with E-state index < -0.39 is 54.6 Å². The number of amides is 2. The number of benzene rings is 1. The lowest BCUT2D eigenvalue weighted by molar-refractivity contribution is -0.245. The van der Waals surface area contributed by atoms with Gasteiger partial charge >= 0.3 is 24.0 Å². The molecule has 12 nitrogen and oxygen atoms in total. The number of alkyl carbamates (subject to hydrolysis) is 1. The number of rotatable bonds is 41. The van der Waals surface area contributed by atoms with Gasteiger partial charge in [0.25, 0.3) is 0 Å². The second-order valence-corrected chi connectivity index (χ2v) is 19.3. The summed E-state index contributed by atoms with van der Waals surface area (Å²) in [5.41, 5.74) is 0.763. The Kier molecular flexibility index (Phi) is 35.6. The zero-order valence-corrected chi connectivity index (χ0v) is 43.6. The van der Waals surface area contributed by atoms with Crippen LogP contribution in [0.5, 0.6) is 0 Å². The molecule has 1 aromatic carbocycles. The topological polar surface area (TPSA) is 147 Å². The Morgan fingerprint density at radius 1 is 0.515 bits per heavy atom. The summed E-state index contributed by atoms with van der Waals surface area (Å²) < 4.78 is 29.2. The fourth-order valence-corrected chi connectivity index (χ4v) is 9.26. The van der Waals surface area contributed by atoms with Crippen LogP contribution in [0.4, 0.5) is 4.79 Å². The van der Waals surface area contributed by atoms with Crippen LogP contribution in [0.15, 0.2) is 30.3 Å². The van der Waals surface area contributed by atoms with Crippen molar-refractivity contribution < 1.29 is 47.7 Å². The maximum absolute atomic E-state index is 14.5. The van der Waals surface area contributed by atoms with Crippen molar-refractivity contribution in [1.82, 2.24) is 10.2 Å². The highest BCUT2D eigenvalue weighted by molar-refractivity contribution is 5.77. The average Bonchev–Trinajstić information content (AvgIpc) is 3.31. The fourth-order valence-electron chi connectivity index (χ4n) is 9.26. The standard InChI is InChI=1S/C56H96N2O10/c1-6-8-10-12-14-16-18-20-22-24-26-28-30-32-34-39-43-58(51(62)42-38-33-31-29-27-25-23-21-19-17-15-13-11-9-7-2)55-52(57-56(63)65-44-49-40-36-35-37-41-49)54(67-48(5)61)53(66-47(4)60)50(68-55)45-64-46(3)59/h35-37,40-41,50,52-55H,6-34,38-39,42-45H2,1-5H3,(H,57,63)/t50-,52-,53+,54-,55-/m1/s1. The molecule has 2 rings (SSSR count). The van der Waals surface area contributed by atoms with E-state index in [0.29, 0.717) is 19.4 Å². The maximum atomic E-state index is 14.5. The van der Waals surface area contributed by atoms with E-state index >= 15 is 0 Å². The van der Waals surface area contributed by atoms with Crippen LogP contribution in [-0.4, -0.2) is 78.5 Å². The van der Waals surface area contributed by atoms with Crippen molar-refractivity contribution in [1.29, 1.82) is 0 Å². The van der Waals surface area contributed by atoms with Gasteiger partial charge < -0.3 is 33.9 Å². The number of hydrogen-bond acceptors (Lipinski definition) is 10. The molecule has 0 spiro atoms. The largest absolute Gasteiger partial charge is 0.463 e. The first-order valence-electron chi connectivity index (χ1n) is 27.5. The molecule has 5 atom stereocenters. The van der Waals surface area contributed by atoms with Crippen LogP contribution in [0.3, 0.4) is 0 Å². The number of ether oxygens (including phenoxy) is 5. The van der Waals surface area contributed by atoms with E-state index in [9.17, 15) is 24.0 Å². The highest BCUT2D eigenvalue weighted by Crippen LogP contribution is 2.31. The molecule has 2 amide bonds. The molecule has 68 heavy (non-hydrogen) atoms. The van der Waals surface area contributed by atoms with Crippen molar-refractivity contribution in [2.24, 2.45) is 0 Å². The lowest BCUT2D eigenvalue weighted by Crippen LogP contribution is -2.70. The molecule has 1 saturated heterocycles. The summed E-state index contributed by atoms with van der Waals surface area (Å²) in [5, 5.41) is 2.84. The molecule has 1 aliphatic rings. The van der Waals surface area contributed by atoms with E-state index in [4.69, 9.17) is 23.7 Å². The van der Waals surface area contributed by atoms with Crippen molar-refractivity contribution in [3.05, 3.63) is 35.9 Å². The van der Waals surface area contributed by atoms with Crippen molar-refractivity contribution >= 4 is 29.9 Å². The van der Waals surface area contributed by atoms with Gasteiger partial charge in [-0.1, -0.05) is 230 Å². The van der Waals surface area contributed by atoms with E-state index in [2.05, 4.69) is 19.2 Å². The zero-order chi connectivity index (χ0) is 49.5. The molecule has 1 aromatic rings. The number of nitrogens with zero attached hydrogens (tertiary/aromatic N) is 1. The lowest BCUT2D eigenvalue weighted by Gasteiger charge is -2.48. The molecule has 1 N–H and O–H groups in total. The Morgan fingerprint density at radius 3 is 1.35 bits per heavy atom. The van der Waals surface area contributed by atoms with Gasteiger partial charge in [-0.3, -0.25) is 19.2 Å². The predicted octanol–water partition coefficient (Wildman–Crippen LogP) is 13.8. The molecule has 1 fully saturated rings. The molecular formula is C56H96N2O10. The van der Waals surface area contributed by atoms with E-state index in [-0.39, 0.29) is 25.5 Å². The molecule has 0 bridgehead atoms. The summed E-state index contributed by atoms with van der Waals surface area (Å²) in [5.74, 6) is -2.14. The average molecular weight is 957 g/mol. The Balaban J connectivity index is 2.15. The van der Waals surface area contributed by atoms with Crippen LogP contribution in [0.1, 0.15) is 246 Å². The normalized spacial score (nSPS) is 17.9. The summed E-state index contributed by atoms with van der Waals surface area (Å²) in [6.07, 6.45) is 32.2. The highest BCUT2D eigenvalue weighted by Gasteiger charge is 2.53. The monoisotopic (exact) mass is 957 g/mol. The molecule has 0 saturated carbocycles. The van der Waals surface area contributed by atoms with Crippen molar-refractivity contribution in [2.75, 3.05) is 13.2 Å². The van der Waals surface area contributed by atoms with Gasteiger partial charge in [0.1, 0.15) is 25.4 Å². The first-order valence-corrected chi connectivity index (χ1v) is 27.5.